The van der Waals surface area contributed by atoms with Gasteiger partial charge in [0.1, 0.15) is 11.6 Å². The molecule has 1 fully saturated rings. The maximum Gasteiger partial charge on any atom is 0.175 e. The van der Waals surface area contributed by atoms with Crippen molar-refractivity contribution in [3.63, 3.8) is 0 Å². The van der Waals surface area contributed by atoms with Crippen LogP contribution in [0.5, 0.6) is 0 Å². The van der Waals surface area contributed by atoms with Gasteiger partial charge in [0, 0.05) is 24.4 Å². The van der Waals surface area contributed by atoms with Crippen molar-refractivity contribution in [2.75, 3.05) is 12.8 Å². The van der Waals surface area contributed by atoms with Gasteiger partial charge in [-0.15, -0.1) is 0 Å². The topological polar surface area (TPSA) is 66.4 Å². The lowest BCUT2D eigenvalue weighted by Gasteiger charge is -2.40. The lowest BCUT2D eigenvalue weighted by Crippen LogP contribution is -2.48. The number of hydrogen-bond acceptors (Lipinski definition) is 4. The molecular formula is C24H31F2NO3S. The molecule has 0 saturated heterocycles. The molecule has 2 aromatic carbocycles. The van der Waals surface area contributed by atoms with E-state index in [2.05, 4.69) is 5.32 Å². The fourth-order valence-corrected chi connectivity index (χ4v) is 5.15. The highest BCUT2D eigenvalue weighted by atomic mass is 32.2. The average Bonchev–Trinajstić information content (AvgIpc) is 2.71. The molecule has 0 aliphatic heterocycles. The molecule has 31 heavy (non-hydrogen) atoms. The molecule has 170 valence electrons. The van der Waals surface area contributed by atoms with Gasteiger partial charge >= 0.3 is 0 Å². The van der Waals surface area contributed by atoms with E-state index < -0.39 is 33.1 Å². The molecule has 0 amide bonds. The lowest BCUT2D eigenvalue weighted by molar-refractivity contribution is 0.0946. The second-order valence-electron chi connectivity index (χ2n) is 8.85. The van der Waals surface area contributed by atoms with Crippen LogP contribution in [-0.2, 0) is 21.8 Å². The summed E-state index contributed by atoms with van der Waals surface area (Å²) in [5.74, 6) is -1.46. The Morgan fingerprint density at radius 1 is 1.06 bits per heavy atom. The standard InChI is InChI=1S/C24H31F2NO3S/c1-17(11-18-12-20(25)15-21(26)13-18)23(28)16-27-24(9-4-3-5-10-24)19-7-6-8-22(14-19)31(2,29)30/h6-8,12-15,17,23,27-28H,3-5,9-11,16H2,1-2H3. The molecule has 2 aromatic rings. The van der Waals surface area contributed by atoms with Crippen LogP contribution < -0.4 is 5.32 Å². The minimum atomic E-state index is -3.32. The van der Waals surface area contributed by atoms with E-state index in [-0.39, 0.29) is 5.92 Å². The Kier molecular flexibility index (Phi) is 7.50. The molecule has 1 aliphatic rings. The molecule has 2 unspecified atom stereocenters. The van der Waals surface area contributed by atoms with Crippen LogP contribution in [0.3, 0.4) is 0 Å². The molecule has 1 aliphatic carbocycles. The van der Waals surface area contributed by atoms with E-state index in [1.165, 1.54) is 18.4 Å². The second kappa shape index (κ2) is 9.76. The number of rotatable bonds is 8. The van der Waals surface area contributed by atoms with Gasteiger partial charge in [-0.25, -0.2) is 17.2 Å². The number of halogens is 2. The smallest absolute Gasteiger partial charge is 0.175 e. The van der Waals surface area contributed by atoms with Crippen LogP contribution in [0.2, 0.25) is 0 Å². The Morgan fingerprint density at radius 2 is 1.71 bits per heavy atom. The highest BCUT2D eigenvalue weighted by Crippen LogP contribution is 2.38. The normalized spacial score (nSPS) is 18.5. The van der Waals surface area contributed by atoms with Crippen molar-refractivity contribution < 1.29 is 22.3 Å². The van der Waals surface area contributed by atoms with E-state index in [9.17, 15) is 22.3 Å². The Hall–Kier alpha value is -1.83. The first-order valence-electron chi connectivity index (χ1n) is 10.8. The zero-order valence-corrected chi connectivity index (χ0v) is 18.9. The Balaban J connectivity index is 1.74. The number of sulfone groups is 1. The highest BCUT2D eigenvalue weighted by Gasteiger charge is 2.35. The lowest BCUT2D eigenvalue weighted by atomic mass is 9.76. The summed E-state index contributed by atoms with van der Waals surface area (Å²) in [7, 11) is -3.32. The minimum absolute atomic E-state index is 0.211. The van der Waals surface area contributed by atoms with Crippen LogP contribution in [-0.4, -0.2) is 32.4 Å². The van der Waals surface area contributed by atoms with Gasteiger partial charge in [-0.2, -0.15) is 0 Å². The summed E-state index contributed by atoms with van der Waals surface area (Å²) >= 11 is 0. The Bertz CT molecular complexity index is 983. The molecule has 0 heterocycles. The van der Waals surface area contributed by atoms with Crippen LogP contribution in [0.1, 0.15) is 50.2 Å². The first-order chi connectivity index (χ1) is 14.6. The van der Waals surface area contributed by atoms with Crippen LogP contribution >= 0.6 is 0 Å². The molecule has 0 bridgehead atoms. The number of aliphatic hydroxyl groups is 1. The van der Waals surface area contributed by atoms with Crippen molar-refractivity contribution >= 4 is 9.84 Å². The second-order valence-corrected chi connectivity index (χ2v) is 10.9. The number of aliphatic hydroxyl groups excluding tert-OH is 1. The first-order valence-corrected chi connectivity index (χ1v) is 12.7. The third-order valence-corrected chi connectivity index (χ3v) is 7.42. The maximum absolute atomic E-state index is 13.5. The van der Waals surface area contributed by atoms with Gasteiger partial charge in [-0.1, -0.05) is 38.3 Å². The van der Waals surface area contributed by atoms with Crippen LogP contribution in [0.25, 0.3) is 0 Å². The highest BCUT2D eigenvalue weighted by molar-refractivity contribution is 7.90. The summed E-state index contributed by atoms with van der Waals surface area (Å²) in [6, 6.07) is 10.5. The fourth-order valence-electron chi connectivity index (χ4n) is 4.48. The minimum Gasteiger partial charge on any atom is -0.392 e. The SMILES string of the molecule is CC(Cc1cc(F)cc(F)c1)C(O)CNC1(c2cccc(S(C)(=O)=O)c2)CCCCC1. The van der Waals surface area contributed by atoms with Gasteiger partial charge in [0.2, 0.25) is 0 Å². The third-order valence-electron chi connectivity index (χ3n) is 6.31. The summed E-state index contributed by atoms with van der Waals surface area (Å²) in [5.41, 5.74) is 1.03. The fraction of sp³-hybridized carbons (Fsp3) is 0.500. The predicted molar refractivity (Wildman–Crippen MR) is 118 cm³/mol. The summed E-state index contributed by atoms with van der Waals surface area (Å²) in [6.45, 7) is 2.16. The van der Waals surface area contributed by atoms with E-state index >= 15 is 0 Å². The van der Waals surface area contributed by atoms with Crippen molar-refractivity contribution in [3.05, 3.63) is 65.2 Å². The van der Waals surface area contributed by atoms with Crippen LogP contribution in [0.4, 0.5) is 8.78 Å². The van der Waals surface area contributed by atoms with Gasteiger partial charge in [0.05, 0.1) is 11.0 Å². The van der Waals surface area contributed by atoms with Crippen LogP contribution in [0, 0.1) is 17.6 Å². The summed E-state index contributed by atoms with van der Waals surface area (Å²) in [5, 5.41) is 14.3. The largest absolute Gasteiger partial charge is 0.392 e. The average molecular weight is 452 g/mol. The zero-order chi connectivity index (χ0) is 22.6. The number of nitrogens with one attached hydrogen (secondary N) is 1. The molecule has 0 radical (unpaired) electrons. The number of hydrogen-bond donors (Lipinski definition) is 2. The van der Waals surface area contributed by atoms with Crippen molar-refractivity contribution in [1.82, 2.24) is 5.32 Å². The molecule has 2 N–H and O–H groups in total. The van der Waals surface area contributed by atoms with E-state index in [1.54, 1.807) is 18.2 Å². The molecule has 0 spiro atoms. The molecule has 0 aromatic heterocycles. The molecule has 4 nitrogen and oxygen atoms in total. The van der Waals surface area contributed by atoms with Gasteiger partial charge < -0.3 is 10.4 Å². The molecular weight excluding hydrogens is 420 g/mol. The monoisotopic (exact) mass is 451 g/mol. The predicted octanol–water partition coefficient (Wildman–Crippen LogP) is 4.36. The van der Waals surface area contributed by atoms with E-state index in [0.717, 1.165) is 43.7 Å². The Labute approximate surface area is 183 Å². The quantitative estimate of drug-likeness (QED) is 0.626. The Morgan fingerprint density at radius 3 is 2.32 bits per heavy atom. The summed E-state index contributed by atoms with van der Waals surface area (Å²) in [6.07, 6.45) is 5.71. The molecule has 3 rings (SSSR count). The van der Waals surface area contributed by atoms with Gasteiger partial charge in [-0.05, 0) is 60.6 Å². The summed E-state index contributed by atoms with van der Waals surface area (Å²) in [4.78, 5) is 0.291. The van der Waals surface area contributed by atoms with Crippen molar-refractivity contribution in [2.45, 2.75) is 62.0 Å². The van der Waals surface area contributed by atoms with Gasteiger partial charge in [-0.3, -0.25) is 0 Å². The van der Waals surface area contributed by atoms with Gasteiger partial charge in [0.15, 0.2) is 9.84 Å². The van der Waals surface area contributed by atoms with Gasteiger partial charge in [0.25, 0.3) is 0 Å². The zero-order valence-electron chi connectivity index (χ0n) is 18.1. The van der Waals surface area contributed by atoms with E-state index in [0.29, 0.717) is 23.4 Å². The van der Waals surface area contributed by atoms with Crippen molar-refractivity contribution in [2.24, 2.45) is 5.92 Å². The molecule has 1 saturated carbocycles. The third kappa shape index (κ3) is 6.11. The maximum atomic E-state index is 13.5. The van der Waals surface area contributed by atoms with E-state index in [4.69, 9.17) is 0 Å². The number of benzene rings is 2. The summed E-state index contributed by atoms with van der Waals surface area (Å²) < 4.78 is 51.0. The first kappa shape index (κ1) is 23.8. The van der Waals surface area contributed by atoms with Crippen LogP contribution in [0.15, 0.2) is 47.4 Å². The van der Waals surface area contributed by atoms with Crippen molar-refractivity contribution in [1.29, 1.82) is 0 Å². The molecule has 7 heteroatoms. The van der Waals surface area contributed by atoms with Crippen molar-refractivity contribution in [3.8, 4) is 0 Å². The molecule has 2 atom stereocenters. The van der Waals surface area contributed by atoms with E-state index in [1.807, 2.05) is 13.0 Å².